The molecule has 3 nitrogen and oxygen atoms in total. The van der Waals surface area contributed by atoms with E-state index in [1.54, 1.807) is 6.20 Å². The van der Waals surface area contributed by atoms with Crippen molar-refractivity contribution in [2.45, 2.75) is 32.2 Å². The number of hydrogen-bond acceptors (Lipinski definition) is 3. The summed E-state index contributed by atoms with van der Waals surface area (Å²) >= 11 is 4.88. The number of hydrogen-bond donors (Lipinski definition) is 2. The van der Waals surface area contributed by atoms with Crippen LogP contribution in [-0.4, -0.2) is 16.0 Å². The van der Waals surface area contributed by atoms with Crippen molar-refractivity contribution in [1.82, 2.24) is 4.98 Å². The lowest BCUT2D eigenvalue weighted by atomic mass is 9.80. The van der Waals surface area contributed by atoms with Crippen LogP contribution >= 0.6 is 12.2 Å². The van der Waals surface area contributed by atoms with Gasteiger partial charge in [-0.3, -0.25) is 0 Å². The molecule has 0 aliphatic heterocycles. The number of nitrogens with two attached hydrogens (primary N) is 1. The Labute approximate surface area is 101 Å². The van der Waals surface area contributed by atoms with Gasteiger partial charge in [0.2, 0.25) is 0 Å². The van der Waals surface area contributed by atoms with E-state index in [1.807, 2.05) is 12.1 Å². The van der Waals surface area contributed by atoms with Crippen LogP contribution < -0.4 is 11.1 Å². The molecule has 1 aliphatic rings. The van der Waals surface area contributed by atoms with Gasteiger partial charge < -0.3 is 11.1 Å². The highest BCUT2D eigenvalue weighted by molar-refractivity contribution is 7.80. The van der Waals surface area contributed by atoms with E-state index in [2.05, 4.69) is 17.2 Å². The van der Waals surface area contributed by atoms with E-state index >= 15 is 0 Å². The Bertz CT molecular complexity index is 370. The molecule has 4 heteroatoms. The van der Waals surface area contributed by atoms with Crippen LogP contribution in [0.4, 0.5) is 5.82 Å². The molecule has 2 rings (SSSR count). The predicted octanol–water partition coefficient (Wildman–Crippen LogP) is 2.32. The summed E-state index contributed by atoms with van der Waals surface area (Å²) < 4.78 is 0. The largest absolute Gasteiger partial charge is 0.389 e. The average Bonchev–Trinajstić information content (AvgIpc) is 2.15. The molecule has 0 aromatic carbocycles. The van der Waals surface area contributed by atoms with Crippen molar-refractivity contribution in [2.24, 2.45) is 11.7 Å². The first-order chi connectivity index (χ1) is 7.66. The fourth-order valence-electron chi connectivity index (χ4n) is 1.92. The minimum absolute atomic E-state index is 0.395. The highest BCUT2D eigenvalue weighted by Crippen LogP contribution is 2.30. The van der Waals surface area contributed by atoms with Gasteiger partial charge in [-0.05, 0) is 37.8 Å². The van der Waals surface area contributed by atoms with E-state index in [4.69, 9.17) is 18.0 Å². The highest BCUT2D eigenvalue weighted by atomic mass is 32.1. The molecule has 86 valence electrons. The van der Waals surface area contributed by atoms with Crippen LogP contribution in [0.25, 0.3) is 0 Å². The molecule has 0 bridgehead atoms. The first kappa shape index (κ1) is 11.3. The molecule has 0 amide bonds. The molecule has 1 saturated carbocycles. The molecule has 1 heterocycles. The molecule has 1 unspecified atom stereocenters. The topological polar surface area (TPSA) is 50.9 Å². The third-order valence-corrected chi connectivity index (χ3v) is 3.52. The molecule has 0 radical (unpaired) electrons. The molecule has 16 heavy (non-hydrogen) atoms. The summed E-state index contributed by atoms with van der Waals surface area (Å²) in [4.78, 5) is 4.70. The molecular weight excluding hydrogens is 218 g/mol. The summed E-state index contributed by atoms with van der Waals surface area (Å²) in [5, 5.41) is 3.41. The molecule has 0 saturated heterocycles. The lowest BCUT2D eigenvalue weighted by molar-refractivity contribution is 0.285. The fraction of sp³-hybridized carbons (Fsp3) is 0.500. The van der Waals surface area contributed by atoms with Crippen LogP contribution in [0.1, 0.15) is 31.7 Å². The third kappa shape index (κ3) is 2.50. The number of rotatable bonds is 4. The monoisotopic (exact) mass is 235 g/mol. The van der Waals surface area contributed by atoms with Crippen molar-refractivity contribution in [1.29, 1.82) is 0 Å². The van der Waals surface area contributed by atoms with E-state index in [0.29, 0.717) is 11.0 Å². The molecular formula is C12H17N3S. The quantitative estimate of drug-likeness (QED) is 0.786. The second-order valence-corrected chi connectivity index (χ2v) is 4.86. The van der Waals surface area contributed by atoms with Gasteiger partial charge in [-0.25, -0.2) is 4.98 Å². The SMILES string of the molecule is CC(Nc1ccc(C(N)=S)cn1)C1CCC1. The van der Waals surface area contributed by atoms with E-state index in [-0.39, 0.29) is 0 Å². The van der Waals surface area contributed by atoms with E-state index in [9.17, 15) is 0 Å². The predicted molar refractivity (Wildman–Crippen MR) is 70.6 cm³/mol. The molecule has 1 atom stereocenters. The van der Waals surface area contributed by atoms with Gasteiger partial charge in [0, 0.05) is 17.8 Å². The first-order valence-electron chi connectivity index (χ1n) is 5.69. The van der Waals surface area contributed by atoms with Gasteiger partial charge in [-0.15, -0.1) is 0 Å². The molecule has 1 aliphatic carbocycles. The summed E-state index contributed by atoms with van der Waals surface area (Å²) in [6.45, 7) is 2.22. The summed E-state index contributed by atoms with van der Waals surface area (Å²) in [6, 6.07) is 4.34. The van der Waals surface area contributed by atoms with Crippen molar-refractivity contribution in [3.63, 3.8) is 0 Å². The van der Waals surface area contributed by atoms with Crippen LogP contribution in [0.15, 0.2) is 18.3 Å². The lowest BCUT2D eigenvalue weighted by Crippen LogP contribution is -2.31. The van der Waals surface area contributed by atoms with Crippen molar-refractivity contribution < 1.29 is 0 Å². The van der Waals surface area contributed by atoms with Gasteiger partial charge in [-0.1, -0.05) is 18.6 Å². The summed E-state index contributed by atoms with van der Waals surface area (Å²) in [6.07, 6.45) is 5.75. The maximum absolute atomic E-state index is 5.51. The Balaban J connectivity index is 1.96. The number of nitrogens with one attached hydrogen (secondary N) is 1. The van der Waals surface area contributed by atoms with E-state index in [1.165, 1.54) is 19.3 Å². The zero-order chi connectivity index (χ0) is 11.5. The Kier molecular flexibility index (Phi) is 3.39. The highest BCUT2D eigenvalue weighted by Gasteiger charge is 2.23. The second kappa shape index (κ2) is 4.78. The van der Waals surface area contributed by atoms with Crippen LogP contribution in [0.3, 0.4) is 0 Å². The Morgan fingerprint density at radius 1 is 1.56 bits per heavy atom. The van der Waals surface area contributed by atoms with Gasteiger partial charge in [-0.2, -0.15) is 0 Å². The lowest BCUT2D eigenvalue weighted by Gasteiger charge is -2.32. The average molecular weight is 235 g/mol. The summed E-state index contributed by atoms with van der Waals surface area (Å²) in [7, 11) is 0. The third-order valence-electron chi connectivity index (χ3n) is 3.28. The summed E-state index contributed by atoms with van der Waals surface area (Å²) in [5.74, 6) is 1.71. The van der Waals surface area contributed by atoms with Gasteiger partial charge in [0.05, 0.1) is 0 Å². The van der Waals surface area contributed by atoms with E-state index in [0.717, 1.165) is 17.3 Å². The number of aromatic nitrogens is 1. The normalized spacial score (nSPS) is 17.6. The zero-order valence-corrected chi connectivity index (χ0v) is 10.3. The Morgan fingerprint density at radius 2 is 2.31 bits per heavy atom. The van der Waals surface area contributed by atoms with Crippen molar-refractivity contribution in [3.05, 3.63) is 23.9 Å². The Morgan fingerprint density at radius 3 is 2.75 bits per heavy atom. The summed E-state index contributed by atoms with van der Waals surface area (Å²) in [5.41, 5.74) is 6.33. The minimum Gasteiger partial charge on any atom is -0.389 e. The van der Waals surface area contributed by atoms with Gasteiger partial charge in [0.1, 0.15) is 10.8 Å². The first-order valence-corrected chi connectivity index (χ1v) is 6.10. The number of pyridine rings is 1. The zero-order valence-electron chi connectivity index (χ0n) is 9.44. The number of thiocarbonyl (C=S) groups is 1. The standard InChI is InChI=1S/C12H17N3S/c1-8(9-3-2-4-9)15-11-6-5-10(7-14-11)12(13)16/h5-9H,2-4H2,1H3,(H2,13,16)(H,14,15). The second-order valence-electron chi connectivity index (χ2n) is 4.42. The van der Waals surface area contributed by atoms with Crippen molar-refractivity contribution in [2.75, 3.05) is 5.32 Å². The van der Waals surface area contributed by atoms with Crippen molar-refractivity contribution >= 4 is 23.0 Å². The van der Waals surface area contributed by atoms with Crippen LogP contribution in [0.5, 0.6) is 0 Å². The van der Waals surface area contributed by atoms with Gasteiger partial charge in [0.25, 0.3) is 0 Å². The molecule has 0 spiro atoms. The maximum Gasteiger partial charge on any atom is 0.126 e. The molecule has 1 fully saturated rings. The number of anilines is 1. The van der Waals surface area contributed by atoms with Gasteiger partial charge >= 0.3 is 0 Å². The number of nitrogens with zero attached hydrogens (tertiary/aromatic N) is 1. The van der Waals surface area contributed by atoms with Crippen LogP contribution in [0, 0.1) is 5.92 Å². The van der Waals surface area contributed by atoms with Gasteiger partial charge in [0.15, 0.2) is 0 Å². The molecule has 3 N–H and O–H groups in total. The van der Waals surface area contributed by atoms with Crippen molar-refractivity contribution in [3.8, 4) is 0 Å². The van der Waals surface area contributed by atoms with Crippen LogP contribution in [0.2, 0.25) is 0 Å². The maximum atomic E-state index is 5.51. The van der Waals surface area contributed by atoms with Crippen LogP contribution in [-0.2, 0) is 0 Å². The fourth-order valence-corrected chi connectivity index (χ4v) is 2.04. The molecule has 1 aromatic rings. The Hall–Kier alpha value is -1.16. The smallest absolute Gasteiger partial charge is 0.126 e. The molecule has 1 aromatic heterocycles. The minimum atomic E-state index is 0.395. The van der Waals surface area contributed by atoms with E-state index < -0.39 is 0 Å².